The molecule has 1 fully saturated rings. The zero-order chi connectivity index (χ0) is 19.6. The molecule has 140 valence electrons. The normalized spacial score (nSPS) is 19.3. The first-order valence-corrected chi connectivity index (χ1v) is 9.25. The van der Waals surface area contributed by atoms with Crippen molar-refractivity contribution in [3.8, 4) is 0 Å². The van der Waals surface area contributed by atoms with Gasteiger partial charge in [0.1, 0.15) is 5.54 Å². The highest BCUT2D eigenvalue weighted by atomic mass is 16.2. The van der Waals surface area contributed by atoms with Gasteiger partial charge in [0, 0.05) is 5.56 Å². The van der Waals surface area contributed by atoms with Crippen molar-refractivity contribution in [1.82, 2.24) is 10.2 Å². The van der Waals surface area contributed by atoms with E-state index in [2.05, 4.69) is 5.32 Å². The minimum Gasteiger partial charge on any atom is -0.319 e. The summed E-state index contributed by atoms with van der Waals surface area (Å²) in [6.07, 6.45) is 1.53. The first-order chi connectivity index (χ1) is 12.9. The molecule has 1 aliphatic heterocycles. The number of Topliss-reactive ketones (excluding diaryl/α,β-unsaturated/α-hetero) is 1. The molecule has 0 aliphatic carbocycles. The summed E-state index contributed by atoms with van der Waals surface area (Å²) in [6.45, 7) is 5.42. The van der Waals surface area contributed by atoms with E-state index in [9.17, 15) is 14.4 Å². The number of rotatable bonds is 6. The number of hydrogen-bond donors (Lipinski definition) is 1. The van der Waals surface area contributed by atoms with Crippen LogP contribution >= 0.6 is 0 Å². The Morgan fingerprint density at radius 1 is 1.04 bits per heavy atom. The molecule has 0 aromatic heterocycles. The number of amides is 3. The quantitative estimate of drug-likeness (QED) is 0.630. The number of imide groups is 1. The van der Waals surface area contributed by atoms with E-state index in [-0.39, 0.29) is 12.3 Å². The third kappa shape index (κ3) is 3.37. The average molecular weight is 364 g/mol. The molecule has 0 radical (unpaired) electrons. The fourth-order valence-electron chi connectivity index (χ4n) is 3.45. The molecule has 1 saturated heterocycles. The molecular formula is C22H24N2O3. The largest absolute Gasteiger partial charge is 0.325 e. The van der Waals surface area contributed by atoms with Gasteiger partial charge in [-0.15, -0.1) is 0 Å². The van der Waals surface area contributed by atoms with E-state index in [0.717, 1.165) is 22.4 Å². The number of nitrogens with one attached hydrogen (secondary N) is 1. The number of nitrogens with zero attached hydrogens (tertiary/aromatic N) is 1. The molecule has 2 aromatic rings. The predicted octanol–water partition coefficient (Wildman–Crippen LogP) is 3.46. The molecular weight excluding hydrogens is 340 g/mol. The second-order valence-electron chi connectivity index (χ2n) is 6.93. The van der Waals surface area contributed by atoms with Gasteiger partial charge in [-0.2, -0.15) is 0 Å². The monoisotopic (exact) mass is 364 g/mol. The van der Waals surface area contributed by atoms with Crippen LogP contribution in [0.4, 0.5) is 4.79 Å². The summed E-state index contributed by atoms with van der Waals surface area (Å²) < 4.78 is 0. The van der Waals surface area contributed by atoms with E-state index >= 15 is 0 Å². The summed E-state index contributed by atoms with van der Waals surface area (Å²) in [6, 6.07) is 14.4. The van der Waals surface area contributed by atoms with E-state index < -0.39 is 17.5 Å². The summed E-state index contributed by atoms with van der Waals surface area (Å²) in [5.74, 6) is -0.625. The minimum absolute atomic E-state index is 0.219. The maximum Gasteiger partial charge on any atom is 0.325 e. The molecule has 1 N–H and O–H groups in total. The van der Waals surface area contributed by atoms with Crippen molar-refractivity contribution < 1.29 is 14.4 Å². The van der Waals surface area contributed by atoms with Gasteiger partial charge in [-0.05, 0) is 42.5 Å². The molecule has 1 atom stereocenters. The van der Waals surface area contributed by atoms with Crippen LogP contribution in [0.2, 0.25) is 0 Å². The van der Waals surface area contributed by atoms with Gasteiger partial charge in [-0.1, -0.05) is 56.3 Å². The van der Waals surface area contributed by atoms with Crippen molar-refractivity contribution in [2.75, 3.05) is 6.54 Å². The van der Waals surface area contributed by atoms with Gasteiger partial charge in [-0.25, -0.2) is 4.79 Å². The third-order valence-corrected chi connectivity index (χ3v) is 5.19. The lowest BCUT2D eigenvalue weighted by Gasteiger charge is -2.22. The molecule has 5 nitrogen and oxygen atoms in total. The topological polar surface area (TPSA) is 66.5 Å². The van der Waals surface area contributed by atoms with E-state index in [0.29, 0.717) is 17.5 Å². The van der Waals surface area contributed by atoms with E-state index in [1.807, 2.05) is 50.2 Å². The summed E-state index contributed by atoms with van der Waals surface area (Å²) in [4.78, 5) is 39.4. The van der Waals surface area contributed by atoms with Crippen LogP contribution in [-0.4, -0.2) is 29.2 Å². The second kappa shape index (κ2) is 7.35. The fraction of sp³-hybridized carbons (Fsp3) is 0.318. The molecule has 1 unspecified atom stereocenters. The van der Waals surface area contributed by atoms with Crippen molar-refractivity contribution in [3.05, 3.63) is 70.8 Å². The second-order valence-corrected chi connectivity index (χ2v) is 6.93. The molecule has 0 bridgehead atoms. The number of carbonyl (C=O) groups excluding carboxylic acids is 3. The van der Waals surface area contributed by atoms with E-state index in [1.165, 1.54) is 0 Å². The average Bonchev–Trinajstić information content (AvgIpc) is 2.92. The lowest BCUT2D eigenvalue weighted by Crippen LogP contribution is -2.41. The summed E-state index contributed by atoms with van der Waals surface area (Å²) >= 11 is 0. The van der Waals surface area contributed by atoms with Gasteiger partial charge in [0.05, 0.1) is 6.54 Å². The van der Waals surface area contributed by atoms with Crippen LogP contribution < -0.4 is 5.32 Å². The first-order valence-electron chi connectivity index (χ1n) is 9.25. The zero-order valence-corrected chi connectivity index (χ0v) is 15.9. The molecule has 1 aliphatic rings. The summed E-state index contributed by atoms with van der Waals surface area (Å²) in [5.41, 5.74) is 2.11. The Morgan fingerprint density at radius 2 is 1.74 bits per heavy atom. The Morgan fingerprint density at radius 3 is 2.37 bits per heavy atom. The van der Waals surface area contributed by atoms with Crippen molar-refractivity contribution in [2.45, 2.75) is 39.2 Å². The maximum absolute atomic E-state index is 13.0. The highest BCUT2D eigenvalue weighted by molar-refractivity contribution is 6.11. The molecule has 3 amide bonds. The number of carbonyl (C=O) groups is 3. The van der Waals surface area contributed by atoms with E-state index in [1.54, 1.807) is 19.1 Å². The Hall–Kier alpha value is -2.95. The van der Waals surface area contributed by atoms with Gasteiger partial charge in [0.2, 0.25) is 0 Å². The maximum atomic E-state index is 13.0. The van der Waals surface area contributed by atoms with Gasteiger partial charge in [0.25, 0.3) is 5.91 Å². The van der Waals surface area contributed by atoms with Crippen LogP contribution in [-0.2, 0) is 23.2 Å². The van der Waals surface area contributed by atoms with Crippen molar-refractivity contribution >= 4 is 17.7 Å². The van der Waals surface area contributed by atoms with Crippen LogP contribution in [0, 0.1) is 0 Å². The van der Waals surface area contributed by atoms with Gasteiger partial charge >= 0.3 is 6.03 Å². The number of urea groups is 1. The highest BCUT2D eigenvalue weighted by Gasteiger charge is 2.49. The standard InChI is InChI=1S/C22H24N2O3/c1-4-15-11-12-16(5-2)18(13-15)19(25)14-24-20(26)22(3,23-21(24)27)17-9-7-6-8-10-17/h6-13H,4-5,14H2,1-3H3,(H,23,27). The SMILES string of the molecule is CCc1ccc(CC)c(C(=O)CN2C(=O)NC(C)(c3ccccc3)C2=O)c1. The molecule has 1 heterocycles. The molecule has 5 heteroatoms. The Kier molecular flexibility index (Phi) is 5.13. The van der Waals surface area contributed by atoms with Crippen LogP contribution in [0.5, 0.6) is 0 Å². The minimum atomic E-state index is -1.16. The third-order valence-electron chi connectivity index (χ3n) is 5.19. The van der Waals surface area contributed by atoms with Crippen molar-refractivity contribution in [1.29, 1.82) is 0 Å². The lowest BCUT2D eigenvalue weighted by molar-refractivity contribution is -0.130. The smallest absolute Gasteiger partial charge is 0.319 e. The first kappa shape index (κ1) is 18.8. The Balaban J connectivity index is 1.87. The molecule has 2 aromatic carbocycles. The molecule has 27 heavy (non-hydrogen) atoms. The summed E-state index contributed by atoms with van der Waals surface area (Å²) in [5, 5.41) is 2.74. The van der Waals surface area contributed by atoms with Gasteiger partial charge < -0.3 is 5.32 Å². The van der Waals surface area contributed by atoms with Crippen molar-refractivity contribution in [2.24, 2.45) is 0 Å². The van der Waals surface area contributed by atoms with E-state index in [4.69, 9.17) is 0 Å². The van der Waals surface area contributed by atoms with Crippen LogP contribution in [0.15, 0.2) is 48.5 Å². The molecule has 3 rings (SSSR count). The Bertz CT molecular complexity index is 892. The zero-order valence-electron chi connectivity index (χ0n) is 15.9. The Labute approximate surface area is 159 Å². The molecule has 0 spiro atoms. The number of benzene rings is 2. The number of ketones is 1. The number of hydrogen-bond acceptors (Lipinski definition) is 3. The van der Waals surface area contributed by atoms with Crippen LogP contribution in [0.3, 0.4) is 0 Å². The van der Waals surface area contributed by atoms with Crippen LogP contribution in [0.1, 0.15) is 47.8 Å². The summed E-state index contributed by atoms with van der Waals surface area (Å²) in [7, 11) is 0. The van der Waals surface area contributed by atoms with Crippen LogP contribution in [0.25, 0.3) is 0 Å². The predicted molar refractivity (Wildman–Crippen MR) is 104 cm³/mol. The van der Waals surface area contributed by atoms with Crippen molar-refractivity contribution in [3.63, 3.8) is 0 Å². The van der Waals surface area contributed by atoms with Gasteiger partial charge in [-0.3, -0.25) is 14.5 Å². The number of aryl methyl sites for hydroxylation is 2. The van der Waals surface area contributed by atoms with Gasteiger partial charge in [0.15, 0.2) is 5.78 Å². The lowest BCUT2D eigenvalue weighted by atomic mass is 9.92. The molecule has 0 saturated carbocycles. The fourth-order valence-corrected chi connectivity index (χ4v) is 3.45. The highest BCUT2D eigenvalue weighted by Crippen LogP contribution is 2.29.